The summed E-state index contributed by atoms with van der Waals surface area (Å²) >= 11 is 1.44. The van der Waals surface area contributed by atoms with Crippen molar-refractivity contribution in [2.45, 2.75) is 25.6 Å². The van der Waals surface area contributed by atoms with Crippen LogP contribution in [0.3, 0.4) is 0 Å². The second-order valence-corrected chi connectivity index (χ2v) is 4.99. The van der Waals surface area contributed by atoms with Crippen LogP contribution in [0.4, 0.5) is 0 Å². The molecule has 0 aliphatic rings. The summed E-state index contributed by atoms with van der Waals surface area (Å²) in [6.07, 6.45) is 3.49. The molecule has 1 aromatic carbocycles. The lowest BCUT2D eigenvalue weighted by Crippen LogP contribution is -1.99. The fraction of sp³-hybridized carbons (Fsp3) is 0.286. The molecular weight excluding hydrogens is 260 g/mol. The number of hydrogen-bond acceptors (Lipinski definition) is 5. The fourth-order valence-corrected chi connectivity index (χ4v) is 2.02. The minimum absolute atomic E-state index is 0.144. The third kappa shape index (κ3) is 3.24. The molecule has 19 heavy (non-hydrogen) atoms. The first-order valence-electron chi connectivity index (χ1n) is 5.90. The Kier molecular flexibility index (Phi) is 4.39. The Morgan fingerprint density at radius 3 is 2.74 bits per heavy atom. The predicted molar refractivity (Wildman–Crippen MR) is 75.7 cm³/mol. The zero-order valence-corrected chi connectivity index (χ0v) is 12.0. The van der Waals surface area contributed by atoms with E-state index in [1.165, 1.54) is 17.3 Å². The summed E-state index contributed by atoms with van der Waals surface area (Å²) in [5.74, 6) is 1.15. The predicted octanol–water partition coefficient (Wildman–Crippen LogP) is 3.10. The lowest BCUT2D eigenvalue weighted by molar-refractivity contribution is 0.273. The van der Waals surface area contributed by atoms with Gasteiger partial charge in [0, 0.05) is 6.20 Å². The Morgan fingerprint density at radius 2 is 2.11 bits per heavy atom. The molecule has 0 radical (unpaired) electrons. The highest BCUT2D eigenvalue weighted by atomic mass is 32.2. The summed E-state index contributed by atoms with van der Waals surface area (Å²) in [6.45, 7) is 3.87. The van der Waals surface area contributed by atoms with Gasteiger partial charge in [-0.05, 0) is 31.7 Å². The number of nitrogens with zero attached hydrogens (tertiary/aromatic N) is 2. The van der Waals surface area contributed by atoms with Crippen molar-refractivity contribution in [2.75, 3.05) is 6.26 Å². The van der Waals surface area contributed by atoms with Crippen molar-refractivity contribution in [1.29, 1.82) is 0 Å². The number of aliphatic hydroxyl groups excluding tert-OH is 1. The normalized spacial score (nSPS) is 10.5. The largest absolute Gasteiger partial charge is 0.438 e. The van der Waals surface area contributed by atoms with Gasteiger partial charge in [0.05, 0.1) is 12.2 Å². The Labute approximate surface area is 116 Å². The molecule has 0 saturated carbocycles. The second-order valence-electron chi connectivity index (χ2n) is 4.22. The second kappa shape index (κ2) is 6.04. The number of aromatic nitrogens is 2. The first kappa shape index (κ1) is 13.8. The highest BCUT2D eigenvalue weighted by Crippen LogP contribution is 2.27. The Balaban J connectivity index is 2.36. The molecule has 4 nitrogen and oxygen atoms in total. The maximum Gasteiger partial charge on any atom is 0.228 e. The lowest BCUT2D eigenvalue weighted by Gasteiger charge is -2.11. The van der Waals surface area contributed by atoms with Crippen molar-refractivity contribution in [3.05, 3.63) is 41.1 Å². The van der Waals surface area contributed by atoms with Crippen LogP contribution in [0.2, 0.25) is 0 Å². The van der Waals surface area contributed by atoms with Gasteiger partial charge in [0.1, 0.15) is 5.75 Å². The molecule has 0 atom stereocenters. The third-order valence-electron chi connectivity index (χ3n) is 2.69. The number of thioether (sulfide) groups is 1. The Bertz CT molecular complexity index is 588. The first-order valence-corrected chi connectivity index (χ1v) is 7.12. The van der Waals surface area contributed by atoms with Gasteiger partial charge in [-0.25, -0.2) is 4.98 Å². The van der Waals surface area contributed by atoms with Crippen LogP contribution in [0.25, 0.3) is 0 Å². The van der Waals surface area contributed by atoms with Crippen LogP contribution >= 0.6 is 11.8 Å². The van der Waals surface area contributed by atoms with E-state index in [0.29, 0.717) is 16.6 Å². The third-order valence-corrected chi connectivity index (χ3v) is 3.25. The van der Waals surface area contributed by atoms with E-state index in [1.807, 2.05) is 38.3 Å². The van der Waals surface area contributed by atoms with Gasteiger partial charge in [-0.1, -0.05) is 29.5 Å². The summed E-state index contributed by atoms with van der Waals surface area (Å²) in [5, 5.41) is 9.93. The molecule has 0 bridgehead atoms. The van der Waals surface area contributed by atoms with E-state index in [2.05, 4.69) is 9.97 Å². The molecule has 0 saturated heterocycles. The molecule has 1 heterocycles. The number of aliphatic hydroxyl groups is 1. The van der Waals surface area contributed by atoms with E-state index in [0.717, 1.165) is 11.3 Å². The summed E-state index contributed by atoms with van der Waals surface area (Å²) < 4.78 is 5.80. The SMILES string of the molecule is CSc1ncc(CO)c(Oc2ccc(C)cc2C)n1. The molecule has 0 aliphatic carbocycles. The van der Waals surface area contributed by atoms with Gasteiger partial charge >= 0.3 is 0 Å². The van der Waals surface area contributed by atoms with Crippen molar-refractivity contribution in [3.8, 4) is 11.6 Å². The molecule has 2 rings (SSSR count). The molecule has 0 fully saturated rings. The maximum absolute atomic E-state index is 9.31. The standard InChI is InChI=1S/C14H16N2O2S/c1-9-4-5-12(10(2)6-9)18-13-11(8-17)7-15-14(16-13)19-3/h4-7,17H,8H2,1-3H3. The number of ether oxygens (including phenoxy) is 1. The first-order chi connectivity index (χ1) is 9.13. The van der Waals surface area contributed by atoms with E-state index in [9.17, 15) is 5.11 Å². The summed E-state index contributed by atoms with van der Waals surface area (Å²) in [4.78, 5) is 8.41. The van der Waals surface area contributed by atoms with Crippen LogP contribution in [0.1, 0.15) is 16.7 Å². The van der Waals surface area contributed by atoms with Crippen molar-refractivity contribution < 1.29 is 9.84 Å². The van der Waals surface area contributed by atoms with Gasteiger partial charge in [0.15, 0.2) is 5.16 Å². The molecular formula is C14H16N2O2S. The van der Waals surface area contributed by atoms with Crippen molar-refractivity contribution >= 4 is 11.8 Å². The van der Waals surface area contributed by atoms with Crippen LogP contribution < -0.4 is 4.74 Å². The van der Waals surface area contributed by atoms with Gasteiger partial charge in [-0.2, -0.15) is 4.98 Å². The molecule has 100 valence electrons. The Hall–Kier alpha value is -1.59. The minimum Gasteiger partial charge on any atom is -0.438 e. The highest BCUT2D eigenvalue weighted by Gasteiger charge is 2.10. The van der Waals surface area contributed by atoms with Crippen molar-refractivity contribution in [3.63, 3.8) is 0 Å². The molecule has 1 N–H and O–H groups in total. The van der Waals surface area contributed by atoms with Gasteiger partial charge in [0.25, 0.3) is 0 Å². The van der Waals surface area contributed by atoms with Gasteiger partial charge < -0.3 is 9.84 Å². The van der Waals surface area contributed by atoms with Crippen LogP contribution in [0, 0.1) is 13.8 Å². The van der Waals surface area contributed by atoms with E-state index in [4.69, 9.17) is 4.74 Å². The topological polar surface area (TPSA) is 55.2 Å². The van der Waals surface area contributed by atoms with Crippen molar-refractivity contribution in [2.24, 2.45) is 0 Å². The zero-order chi connectivity index (χ0) is 13.8. The van der Waals surface area contributed by atoms with E-state index < -0.39 is 0 Å². The lowest BCUT2D eigenvalue weighted by atomic mass is 10.1. The van der Waals surface area contributed by atoms with E-state index in [-0.39, 0.29) is 6.61 Å². The molecule has 0 amide bonds. The molecule has 1 aromatic heterocycles. The molecule has 5 heteroatoms. The van der Waals surface area contributed by atoms with Crippen LogP contribution in [0.15, 0.2) is 29.6 Å². The van der Waals surface area contributed by atoms with Crippen LogP contribution in [0.5, 0.6) is 11.6 Å². The smallest absolute Gasteiger partial charge is 0.228 e. The van der Waals surface area contributed by atoms with Crippen LogP contribution in [-0.2, 0) is 6.61 Å². The van der Waals surface area contributed by atoms with Crippen molar-refractivity contribution in [1.82, 2.24) is 9.97 Å². The summed E-state index contributed by atoms with van der Waals surface area (Å²) in [5.41, 5.74) is 2.80. The monoisotopic (exact) mass is 276 g/mol. The Morgan fingerprint density at radius 1 is 1.32 bits per heavy atom. The van der Waals surface area contributed by atoms with E-state index >= 15 is 0 Å². The minimum atomic E-state index is -0.144. The number of aryl methyl sites for hydroxylation is 2. The average Bonchev–Trinajstić information content (AvgIpc) is 2.41. The zero-order valence-electron chi connectivity index (χ0n) is 11.2. The molecule has 0 spiro atoms. The van der Waals surface area contributed by atoms with E-state index in [1.54, 1.807) is 6.20 Å². The van der Waals surface area contributed by atoms with Gasteiger partial charge in [0.2, 0.25) is 5.88 Å². The average molecular weight is 276 g/mol. The molecule has 2 aromatic rings. The number of hydrogen-bond donors (Lipinski definition) is 1. The highest BCUT2D eigenvalue weighted by molar-refractivity contribution is 7.98. The van der Waals surface area contributed by atoms with Crippen LogP contribution in [-0.4, -0.2) is 21.3 Å². The number of rotatable bonds is 4. The number of benzene rings is 1. The quantitative estimate of drug-likeness (QED) is 0.687. The fourth-order valence-electron chi connectivity index (χ4n) is 1.69. The molecule has 0 aliphatic heterocycles. The maximum atomic E-state index is 9.31. The molecule has 0 unspecified atom stereocenters. The van der Waals surface area contributed by atoms with Gasteiger partial charge in [-0.3, -0.25) is 0 Å². The van der Waals surface area contributed by atoms with Gasteiger partial charge in [-0.15, -0.1) is 0 Å². The summed E-state index contributed by atoms with van der Waals surface area (Å²) in [6, 6.07) is 5.94. The summed E-state index contributed by atoms with van der Waals surface area (Å²) in [7, 11) is 0.